The van der Waals surface area contributed by atoms with Gasteiger partial charge < -0.3 is 61.6 Å². The van der Waals surface area contributed by atoms with E-state index in [-0.39, 0.29) is 12.6 Å². The summed E-state index contributed by atoms with van der Waals surface area (Å²) in [5.74, 6) is 0.305. The van der Waals surface area contributed by atoms with Gasteiger partial charge in [0.1, 0.15) is 6.61 Å². The molecule has 0 saturated carbocycles. The molecule has 45 heavy (non-hydrogen) atoms. The molecule has 270 valence electrons. The highest BCUT2D eigenvalue weighted by atomic mass is 35.5. The molecule has 0 radical (unpaired) electrons. The fourth-order valence-corrected chi connectivity index (χ4v) is 3.18. The van der Waals surface area contributed by atoms with Crippen LogP contribution in [-0.4, -0.2) is 177 Å². The molecule has 0 N–H and O–H groups in total. The van der Waals surface area contributed by atoms with Gasteiger partial charge in [-0.25, -0.2) is 0 Å². The van der Waals surface area contributed by atoms with Crippen LogP contribution < -0.4 is 0 Å². The van der Waals surface area contributed by atoms with Crippen molar-refractivity contribution in [3.8, 4) is 0 Å². The Morgan fingerprint density at radius 2 is 0.556 bits per heavy atom. The van der Waals surface area contributed by atoms with E-state index < -0.39 is 0 Å². The average molecular weight is 679 g/mol. The molecule has 0 fully saturated rings. The number of hydrogen-bond donors (Lipinski definition) is 0. The van der Waals surface area contributed by atoms with Gasteiger partial charge in [-0.05, 0) is 6.42 Å². The Bertz CT molecular complexity index is 565. The van der Waals surface area contributed by atoms with Crippen LogP contribution in [0.15, 0.2) is 0 Å². The van der Waals surface area contributed by atoms with E-state index in [4.69, 9.17) is 73.2 Å². The zero-order chi connectivity index (χ0) is 32.6. The van der Waals surface area contributed by atoms with Crippen molar-refractivity contribution in [1.29, 1.82) is 0 Å². The molecular weight excluding hydrogens is 620 g/mol. The smallest absolute Gasteiger partial charge is 0.305 e. The van der Waals surface area contributed by atoms with Crippen LogP contribution in [0.3, 0.4) is 0 Å². The van der Waals surface area contributed by atoms with E-state index in [0.717, 1.165) is 6.42 Å². The van der Waals surface area contributed by atoms with Gasteiger partial charge in [0.15, 0.2) is 0 Å². The van der Waals surface area contributed by atoms with Crippen LogP contribution in [0.5, 0.6) is 0 Å². The minimum absolute atomic E-state index is 0.189. The summed E-state index contributed by atoms with van der Waals surface area (Å²) in [7, 11) is 0. The molecule has 14 nitrogen and oxygen atoms in total. The van der Waals surface area contributed by atoms with Crippen LogP contribution in [0.1, 0.15) is 19.8 Å². The van der Waals surface area contributed by atoms with Gasteiger partial charge in [0.05, 0.1) is 159 Å². The normalized spacial score (nSPS) is 11.4. The summed E-state index contributed by atoms with van der Waals surface area (Å²) >= 11 is 5.51. The molecule has 0 saturated heterocycles. The summed E-state index contributed by atoms with van der Waals surface area (Å²) in [5, 5.41) is 0. The maximum Gasteiger partial charge on any atom is 0.305 e. The summed E-state index contributed by atoms with van der Waals surface area (Å²) in [6, 6.07) is 0. The molecule has 0 rings (SSSR count). The fourth-order valence-electron chi connectivity index (χ4n) is 3.07. The van der Waals surface area contributed by atoms with E-state index in [1.165, 1.54) is 0 Å². The van der Waals surface area contributed by atoms with E-state index in [0.29, 0.717) is 171 Å². The average Bonchev–Trinajstić information content (AvgIpc) is 3.04. The minimum Gasteiger partial charge on any atom is -0.463 e. The maximum absolute atomic E-state index is 11.2. The number of rotatable bonds is 40. The van der Waals surface area contributed by atoms with Gasteiger partial charge in [0, 0.05) is 12.3 Å². The molecule has 15 heteroatoms. The molecule has 0 aliphatic heterocycles. The topological polar surface area (TPSA) is 137 Å². The van der Waals surface area contributed by atoms with Gasteiger partial charge in [0.2, 0.25) is 0 Å². The van der Waals surface area contributed by atoms with Crippen LogP contribution in [0.4, 0.5) is 0 Å². The predicted molar refractivity (Wildman–Crippen MR) is 166 cm³/mol. The first-order valence-electron chi connectivity index (χ1n) is 16.0. The number of ether oxygens (including phenoxy) is 13. The molecule has 0 atom stereocenters. The van der Waals surface area contributed by atoms with Crippen molar-refractivity contribution in [3.05, 3.63) is 0 Å². The van der Waals surface area contributed by atoms with Crippen LogP contribution in [-0.2, 0) is 66.4 Å². The highest BCUT2D eigenvalue weighted by Gasteiger charge is 2.00. The number of alkyl halides is 1. The number of halogens is 1. The van der Waals surface area contributed by atoms with E-state index in [2.05, 4.69) is 0 Å². The lowest BCUT2D eigenvalue weighted by molar-refractivity contribution is -0.145. The summed E-state index contributed by atoms with van der Waals surface area (Å²) in [4.78, 5) is 11.2. The first-order chi connectivity index (χ1) is 22.3. The zero-order valence-electron chi connectivity index (χ0n) is 27.4. The molecule has 0 aliphatic carbocycles. The SMILES string of the molecule is CCCC(=O)OCCOCCOCCOCCOCCOCCOCCOCCOCCOCCOCCOCCOCCCl. The lowest BCUT2D eigenvalue weighted by atomic mass is 10.3. The number of carbonyl (C=O) groups excluding carboxylic acids is 1. The zero-order valence-corrected chi connectivity index (χ0v) is 28.1. The quantitative estimate of drug-likeness (QED) is 0.0529. The van der Waals surface area contributed by atoms with Crippen molar-refractivity contribution in [2.45, 2.75) is 19.8 Å². The van der Waals surface area contributed by atoms with Crippen molar-refractivity contribution >= 4 is 17.6 Å². The maximum atomic E-state index is 11.2. The number of carbonyl (C=O) groups is 1. The third kappa shape index (κ3) is 41.3. The Morgan fingerprint density at radius 1 is 0.356 bits per heavy atom. The van der Waals surface area contributed by atoms with E-state index in [1.54, 1.807) is 0 Å². The third-order valence-electron chi connectivity index (χ3n) is 5.26. The fraction of sp³-hybridized carbons (Fsp3) is 0.967. The highest BCUT2D eigenvalue weighted by molar-refractivity contribution is 6.17. The molecule has 0 unspecified atom stereocenters. The molecule has 0 amide bonds. The summed E-state index contributed by atoms with van der Waals surface area (Å²) in [5.41, 5.74) is 0. The largest absolute Gasteiger partial charge is 0.463 e. The van der Waals surface area contributed by atoms with Crippen molar-refractivity contribution in [2.75, 3.05) is 171 Å². The van der Waals surface area contributed by atoms with E-state index in [1.807, 2.05) is 6.92 Å². The highest BCUT2D eigenvalue weighted by Crippen LogP contribution is 1.91. The third-order valence-corrected chi connectivity index (χ3v) is 5.41. The summed E-state index contributed by atoms with van der Waals surface area (Å²) in [6.07, 6.45) is 1.23. The van der Waals surface area contributed by atoms with Crippen LogP contribution in [0.2, 0.25) is 0 Å². The Morgan fingerprint density at radius 3 is 0.756 bits per heavy atom. The number of hydrogen-bond acceptors (Lipinski definition) is 14. The van der Waals surface area contributed by atoms with Crippen molar-refractivity contribution in [1.82, 2.24) is 0 Å². The lowest BCUT2D eigenvalue weighted by Crippen LogP contribution is -2.15. The monoisotopic (exact) mass is 678 g/mol. The molecule has 0 aromatic carbocycles. The van der Waals surface area contributed by atoms with Crippen molar-refractivity contribution < 1.29 is 66.4 Å². The first-order valence-corrected chi connectivity index (χ1v) is 16.5. The number of esters is 1. The minimum atomic E-state index is -0.189. The molecular formula is C30H59ClO14. The Balaban J connectivity index is 3.05. The van der Waals surface area contributed by atoms with Gasteiger partial charge in [-0.3, -0.25) is 4.79 Å². The van der Waals surface area contributed by atoms with Crippen LogP contribution in [0.25, 0.3) is 0 Å². The molecule has 0 aromatic heterocycles. The summed E-state index contributed by atoms with van der Waals surface area (Å²) < 4.78 is 69.9. The Kier molecular flexibility index (Phi) is 40.6. The molecule has 0 heterocycles. The van der Waals surface area contributed by atoms with E-state index >= 15 is 0 Å². The Hall–Kier alpha value is -0.720. The molecule has 0 bridgehead atoms. The van der Waals surface area contributed by atoms with E-state index in [9.17, 15) is 4.79 Å². The molecule has 0 aromatic rings. The Labute approximate surface area is 274 Å². The van der Waals surface area contributed by atoms with Gasteiger partial charge in [-0.1, -0.05) is 6.92 Å². The predicted octanol–water partition coefficient (Wildman–Crippen LogP) is 1.77. The van der Waals surface area contributed by atoms with Crippen LogP contribution in [0, 0.1) is 0 Å². The summed E-state index contributed by atoms with van der Waals surface area (Å²) in [6.45, 7) is 14.2. The lowest BCUT2D eigenvalue weighted by Gasteiger charge is -2.09. The second-order valence-electron chi connectivity index (χ2n) is 9.01. The van der Waals surface area contributed by atoms with Gasteiger partial charge in [0.25, 0.3) is 0 Å². The van der Waals surface area contributed by atoms with Crippen molar-refractivity contribution in [3.63, 3.8) is 0 Å². The van der Waals surface area contributed by atoms with Crippen LogP contribution >= 0.6 is 11.6 Å². The standard InChI is InChI=1S/C30H59ClO14/c1-2-3-30(32)45-29-28-44-27-26-43-25-24-42-23-22-41-21-20-40-19-18-39-17-16-38-15-14-37-13-12-36-11-10-35-9-8-34-7-6-33-5-4-31/h2-29H2,1H3. The second kappa shape index (κ2) is 41.3. The second-order valence-corrected chi connectivity index (χ2v) is 9.39. The van der Waals surface area contributed by atoms with Crippen molar-refractivity contribution in [2.24, 2.45) is 0 Å². The first kappa shape index (κ1) is 44.3. The molecule has 0 aliphatic rings. The van der Waals surface area contributed by atoms with Gasteiger partial charge in [-0.15, -0.1) is 11.6 Å². The molecule has 0 spiro atoms. The van der Waals surface area contributed by atoms with Gasteiger partial charge in [-0.2, -0.15) is 0 Å². The van der Waals surface area contributed by atoms with Gasteiger partial charge >= 0.3 is 5.97 Å².